The van der Waals surface area contributed by atoms with E-state index in [4.69, 9.17) is 4.74 Å². The van der Waals surface area contributed by atoms with Crippen LogP contribution in [0, 0.1) is 0 Å². The minimum atomic E-state index is 0.537. The fraction of sp³-hybridized carbons (Fsp3) is 0.688. The van der Waals surface area contributed by atoms with Gasteiger partial charge in [-0.05, 0) is 45.3 Å². The van der Waals surface area contributed by atoms with Crippen molar-refractivity contribution in [2.75, 3.05) is 20.2 Å². The number of rotatable bonds is 6. The summed E-state index contributed by atoms with van der Waals surface area (Å²) >= 11 is 0. The number of ether oxygens (including phenoxy) is 1. The van der Waals surface area contributed by atoms with Crippen molar-refractivity contribution in [3.63, 3.8) is 0 Å². The molecule has 4 heteroatoms. The first-order chi connectivity index (χ1) is 9.83. The third-order valence-corrected chi connectivity index (χ3v) is 4.34. The molecule has 2 aliphatic rings. The maximum atomic E-state index is 6.01. The van der Waals surface area contributed by atoms with E-state index in [-0.39, 0.29) is 0 Å². The lowest BCUT2D eigenvalue weighted by Crippen LogP contribution is -2.40. The molecule has 0 amide bonds. The van der Waals surface area contributed by atoms with Crippen LogP contribution in [0.5, 0.6) is 5.88 Å². The van der Waals surface area contributed by atoms with Gasteiger partial charge in [0, 0.05) is 30.4 Å². The fourth-order valence-electron chi connectivity index (χ4n) is 2.76. The Morgan fingerprint density at radius 3 is 3.05 bits per heavy atom. The summed E-state index contributed by atoms with van der Waals surface area (Å²) in [7, 11) is 2.20. The van der Waals surface area contributed by atoms with Gasteiger partial charge in [0.05, 0.1) is 0 Å². The molecular weight excluding hydrogens is 250 g/mol. The molecule has 1 aromatic heterocycles. The van der Waals surface area contributed by atoms with E-state index in [0.717, 1.165) is 19.0 Å². The molecule has 0 bridgehead atoms. The molecule has 1 N–H and O–H groups in total. The maximum Gasteiger partial charge on any atom is 0.217 e. The highest BCUT2D eigenvalue weighted by Crippen LogP contribution is 2.22. The first-order valence-electron chi connectivity index (χ1n) is 7.83. The second kappa shape index (κ2) is 6.55. The fourth-order valence-corrected chi connectivity index (χ4v) is 2.76. The molecule has 1 aliphatic carbocycles. The highest BCUT2D eigenvalue weighted by atomic mass is 16.5. The standard InChI is InChI=1S/C16H25N3O/c1-19-10-3-2-6-15(19)12-20-16-13(5-4-9-17-16)11-18-14-7-8-14/h4-5,9,14-15,18H,2-3,6-8,10-12H2,1H3. The Kier molecular flexibility index (Phi) is 4.53. The number of nitrogens with zero attached hydrogens (tertiary/aromatic N) is 2. The lowest BCUT2D eigenvalue weighted by atomic mass is 10.0. The molecule has 20 heavy (non-hydrogen) atoms. The van der Waals surface area contributed by atoms with E-state index in [1.807, 2.05) is 12.3 Å². The first-order valence-corrected chi connectivity index (χ1v) is 7.83. The number of likely N-dealkylation sites (tertiary alicyclic amines) is 1. The minimum Gasteiger partial charge on any atom is -0.476 e. The topological polar surface area (TPSA) is 37.4 Å². The summed E-state index contributed by atoms with van der Waals surface area (Å²) in [5, 5.41) is 3.53. The number of nitrogens with one attached hydrogen (secondary N) is 1. The summed E-state index contributed by atoms with van der Waals surface area (Å²) < 4.78 is 6.01. The molecule has 0 radical (unpaired) electrons. The number of piperidine rings is 1. The normalized spacial score (nSPS) is 23.8. The van der Waals surface area contributed by atoms with E-state index in [2.05, 4.69) is 28.3 Å². The van der Waals surface area contributed by atoms with E-state index in [1.165, 1.54) is 44.2 Å². The van der Waals surface area contributed by atoms with Gasteiger partial charge in [-0.1, -0.05) is 12.5 Å². The van der Waals surface area contributed by atoms with Crippen molar-refractivity contribution < 1.29 is 4.74 Å². The Morgan fingerprint density at radius 2 is 2.25 bits per heavy atom. The molecule has 1 unspecified atom stereocenters. The molecule has 1 atom stereocenters. The zero-order valence-electron chi connectivity index (χ0n) is 12.3. The zero-order chi connectivity index (χ0) is 13.8. The summed E-state index contributed by atoms with van der Waals surface area (Å²) in [6.07, 6.45) is 8.30. The van der Waals surface area contributed by atoms with Crippen LogP contribution in [0.25, 0.3) is 0 Å². The first kappa shape index (κ1) is 13.8. The Bertz CT molecular complexity index is 433. The average Bonchev–Trinajstić information content (AvgIpc) is 3.29. The van der Waals surface area contributed by atoms with Gasteiger partial charge in [-0.3, -0.25) is 0 Å². The molecule has 1 aromatic rings. The van der Waals surface area contributed by atoms with Crippen molar-refractivity contribution in [2.45, 2.75) is 50.7 Å². The van der Waals surface area contributed by atoms with Crippen molar-refractivity contribution in [3.05, 3.63) is 23.9 Å². The van der Waals surface area contributed by atoms with Crippen molar-refractivity contribution >= 4 is 0 Å². The molecule has 2 fully saturated rings. The molecule has 110 valence electrons. The summed E-state index contributed by atoms with van der Waals surface area (Å²) in [6, 6.07) is 5.36. The molecule has 0 aromatic carbocycles. The number of pyridine rings is 1. The second-order valence-electron chi connectivity index (χ2n) is 6.06. The Labute approximate surface area is 121 Å². The molecule has 2 heterocycles. The zero-order valence-corrected chi connectivity index (χ0v) is 12.3. The molecule has 3 rings (SSSR count). The molecule has 1 aliphatic heterocycles. The van der Waals surface area contributed by atoms with Crippen LogP contribution in [0.1, 0.15) is 37.7 Å². The average molecular weight is 275 g/mol. The highest BCUT2D eigenvalue weighted by Gasteiger charge is 2.22. The largest absolute Gasteiger partial charge is 0.476 e. The van der Waals surface area contributed by atoms with Gasteiger partial charge in [0.25, 0.3) is 0 Å². The van der Waals surface area contributed by atoms with Gasteiger partial charge in [0.15, 0.2) is 0 Å². The van der Waals surface area contributed by atoms with Gasteiger partial charge >= 0.3 is 0 Å². The molecule has 1 saturated carbocycles. The van der Waals surface area contributed by atoms with Gasteiger partial charge in [0.2, 0.25) is 5.88 Å². The minimum absolute atomic E-state index is 0.537. The van der Waals surface area contributed by atoms with Crippen molar-refractivity contribution in [2.24, 2.45) is 0 Å². The van der Waals surface area contributed by atoms with Gasteiger partial charge in [-0.25, -0.2) is 4.98 Å². The van der Waals surface area contributed by atoms with Crippen LogP contribution in [0.15, 0.2) is 18.3 Å². The van der Waals surface area contributed by atoms with E-state index >= 15 is 0 Å². The van der Waals surface area contributed by atoms with Crippen LogP contribution in [0.4, 0.5) is 0 Å². The lowest BCUT2D eigenvalue weighted by molar-refractivity contribution is 0.122. The second-order valence-corrected chi connectivity index (χ2v) is 6.06. The number of likely N-dealkylation sites (N-methyl/N-ethyl adjacent to an activating group) is 1. The summed E-state index contributed by atoms with van der Waals surface area (Å²) in [6.45, 7) is 2.81. The van der Waals surface area contributed by atoms with Gasteiger partial charge in [-0.2, -0.15) is 0 Å². The summed E-state index contributed by atoms with van der Waals surface area (Å²) in [5.74, 6) is 0.805. The SMILES string of the molecule is CN1CCCCC1COc1ncccc1CNC1CC1. The monoisotopic (exact) mass is 275 g/mol. The molecule has 1 saturated heterocycles. The molecular formula is C16H25N3O. The van der Waals surface area contributed by atoms with Crippen LogP contribution in [0.2, 0.25) is 0 Å². The van der Waals surface area contributed by atoms with Gasteiger partial charge in [0.1, 0.15) is 6.61 Å². The number of hydrogen-bond acceptors (Lipinski definition) is 4. The van der Waals surface area contributed by atoms with Crippen LogP contribution in [-0.4, -0.2) is 42.2 Å². The van der Waals surface area contributed by atoms with Gasteiger partial charge in [-0.15, -0.1) is 0 Å². The van der Waals surface area contributed by atoms with Crippen LogP contribution >= 0.6 is 0 Å². The van der Waals surface area contributed by atoms with Crippen LogP contribution < -0.4 is 10.1 Å². The lowest BCUT2D eigenvalue weighted by Gasteiger charge is -2.32. The van der Waals surface area contributed by atoms with Crippen molar-refractivity contribution in [1.82, 2.24) is 15.2 Å². The Balaban J connectivity index is 1.55. The van der Waals surface area contributed by atoms with Gasteiger partial charge < -0.3 is 15.0 Å². The Hall–Kier alpha value is -1.13. The maximum absolute atomic E-state index is 6.01. The summed E-state index contributed by atoms with van der Waals surface area (Å²) in [5.41, 5.74) is 1.18. The van der Waals surface area contributed by atoms with Crippen molar-refractivity contribution in [3.8, 4) is 5.88 Å². The van der Waals surface area contributed by atoms with E-state index in [9.17, 15) is 0 Å². The third kappa shape index (κ3) is 3.70. The predicted octanol–water partition coefficient (Wildman–Crippen LogP) is 2.20. The Morgan fingerprint density at radius 1 is 1.35 bits per heavy atom. The quantitative estimate of drug-likeness (QED) is 0.863. The molecule has 4 nitrogen and oxygen atoms in total. The highest BCUT2D eigenvalue weighted by molar-refractivity contribution is 5.25. The third-order valence-electron chi connectivity index (χ3n) is 4.34. The van der Waals surface area contributed by atoms with Crippen molar-refractivity contribution in [1.29, 1.82) is 0 Å². The van der Waals surface area contributed by atoms with Crippen LogP contribution in [0.3, 0.4) is 0 Å². The molecule has 0 spiro atoms. The van der Waals surface area contributed by atoms with E-state index in [0.29, 0.717) is 12.1 Å². The predicted molar refractivity (Wildman–Crippen MR) is 79.9 cm³/mol. The van der Waals surface area contributed by atoms with E-state index in [1.54, 1.807) is 0 Å². The number of hydrogen-bond donors (Lipinski definition) is 1. The van der Waals surface area contributed by atoms with E-state index < -0.39 is 0 Å². The summed E-state index contributed by atoms with van der Waals surface area (Å²) in [4.78, 5) is 6.82. The van der Waals surface area contributed by atoms with Crippen LogP contribution in [-0.2, 0) is 6.54 Å². The smallest absolute Gasteiger partial charge is 0.217 e. The number of aromatic nitrogens is 1.